The van der Waals surface area contributed by atoms with Crippen LogP contribution in [0.25, 0.3) is 0 Å². The predicted octanol–water partition coefficient (Wildman–Crippen LogP) is 6.80. The smallest absolute Gasteiger partial charge is 0.160 e. The molecular weight excluding hydrogens is 278 g/mol. The Morgan fingerprint density at radius 3 is 2.18 bits per heavy atom. The van der Waals surface area contributed by atoms with Crippen LogP contribution >= 0.6 is 0 Å². The van der Waals surface area contributed by atoms with Crippen molar-refractivity contribution in [3.05, 3.63) is 12.2 Å². The van der Waals surface area contributed by atoms with Gasteiger partial charge in [0.2, 0.25) is 0 Å². The van der Waals surface area contributed by atoms with E-state index in [2.05, 4.69) is 13.8 Å². The first kappa shape index (κ1) is 17.9. The van der Waals surface area contributed by atoms with Crippen LogP contribution in [0.5, 0.6) is 0 Å². The average molecular weight is 312 g/mol. The topological polar surface area (TPSA) is 0 Å². The minimum absolute atomic E-state index is 0.376. The van der Waals surface area contributed by atoms with E-state index in [4.69, 9.17) is 0 Å². The van der Waals surface area contributed by atoms with E-state index in [1.54, 1.807) is 6.08 Å². The Morgan fingerprint density at radius 1 is 0.955 bits per heavy atom. The molecule has 2 heteroatoms. The Morgan fingerprint density at radius 2 is 1.59 bits per heavy atom. The summed E-state index contributed by atoms with van der Waals surface area (Å²) in [5, 5.41) is 0. The predicted molar refractivity (Wildman–Crippen MR) is 90.5 cm³/mol. The standard InChI is InChI=1S/C20H34F2/c1-3-5-16-7-9-17(10-8-16)11-13-20(22)14-12-18(6-4-2)15-19(20)21/h11,13,16-19H,3-10,12,14-15H2,1-2H3/b13-11+. The van der Waals surface area contributed by atoms with Crippen LogP contribution in [0.15, 0.2) is 12.2 Å². The molecular formula is C20H34F2. The zero-order chi connectivity index (χ0) is 16.0. The van der Waals surface area contributed by atoms with Gasteiger partial charge >= 0.3 is 0 Å². The minimum Gasteiger partial charge on any atom is -0.244 e. The van der Waals surface area contributed by atoms with Gasteiger partial charge in [0, 0.05) is 0 Å². The summed E-state index contributed by atoms with van der Waals surface area (Å²) in [6, 6.07) is 0. The summed E-state index contributed by atoms with van der Waals surface area (Å²) in [7, 11) is 0. The number of allylic oxidation sites excluding steroid dienone is 2. The molecule has 0 aromatic rings. The summed E-state index contributed by atoms with van der Waals surface area (Å²) in [4.78, 5) is 0. The van der Waals surface area contributed by atoms with Crippen molar-refractivity contribution < 1.29 is 8.78 Å². The highest BCUT2D eigenvalue weighted by molar-refractivity contribution is 5.10. The summed E-state index contributed by atoms with van der Waals surface area (Å²) >= 11 is 0. The van der Waals surface area contributed by atoms with Gasteiger partial charge in [0.05, 0.1) is 0 Å². The van der Waals surface area contributed by atoms with E-state index >= 15 is 0 Å². The molecule has 0 aliphatic heterocycles. The molecule has 0 aromatic carbocycles. The van der Waals surface area contributed by atoms with Crippen molar-refractivity contribution in [2.45, 2.75) is 96.3 Å². The lowest BCUT2D eigenvalue weighted by atomic mass is 9.75. The molecule has 128 valence electrons. The van der Waals surface area contributed by atoms with Gasteiger partial charge in [0.1, 0.15) is 6.17 Å². The highest BCUT2D eigenvalue weighted by atomic mass is 19.2. The van der Waals surface area contributed by atoms with Gasteiger partial charge in [-0.2, -0.15) is 0 Å². The molecule has 2 aliphatic carbocycles. The summed E-state index contributed by atoms with van der Waals surface area (Å²) in [6.45, 7) is 4.37. The molecule has 0 aromatic heterocycles. The first-order chi connectivity index (χ1) is 10.6. The molecule has 0 spiro atoms. The average Bonchev–Trinajstić information content (AvgIpc) is 2.51. The van der Waals surface area contributed by atoms with Gasteiger partial charge in [-0.15, -0.1) is 0 Å². The van der Waals surface area contributed by atoms with Gasteiger partial charge in [-0.25, -0.2) is 8.78 Å². The molecule has 3 unspecified atom stereocenters. The van der Waals surface area contributed by atoms with Gasteiger partial charge in [-0.3, -0.25) is 0 Å². The number of hydrogen-bond acceptors (Lipinski definition) is 0. The second-order valence-electron chi connectivity index (χ2n) is 7.75. The quantitative estimate of drug-likeness (QED) is 0.473. The van der Waals surface area contributed by atoms with E-state index in [0.29, 0.717) is 24.7 Å². The summed E-state index contributed by atoms with van der Waals surface area (Å²) in [5.41, 5.74) is -1.69. The maximum Gasteiger partial charge on any atom is 0.160 e. The van der Waals surface area contributed by atoms with Crippen LogP contribution < -0.4 is 0 Å². The molecule has 0 N–H and O–H groups in total. The Labute approximate surface area is 135 Å². The summed E-state index contributed by atoms with van der Waals surface area (Å²) < 4.78 is 29.2. The maximum atomic E-state index is 14.9. The molecule has 0 heterocycles. The van der Waals surface area contributed by atoms with Gasteiger partial charge in [0.25, 0.3) is 0 Å². The highest BCUT2D eigenvalue weighted by Crippen LogP contribution is 2.41. The van der Waals surface area contributed by atoms with Gasteiger partial charge in [-0.05, 0) is 68.8 Å². The molecule has 2 aliphatic rings. The molecule has 0 amide bonds. The van der Waals surface area contributed by atoms with Crippen LogP contribution in [0.1, 0.15) is 84.5 Å². The van der Waals surface area contributed by atoms with Crippen molar-refractivity contribution in [2.24, 2.45) is 17.8 Å². The first-order valence-corrected chi connectivity index (χ1v) is 9.59. The second-order valence-corrected chi connectivity index (χ2v) is 7.75. The molecule has 2 saturated carbocycles. The summed E-state index contributed by atoms with van der Waals surface area (Å²) in [5.74, 6) is 1.73. The monoisotopic (exact) mass is 312 g/mol. The van der Waals surface area contributed by atoms with E-state index in [1.807, 2.05) is 6.08 Å². The van der Waals surface area contributed by atoms with Crippen molar-refractivity contribution >= 4 is 0 Å². The van der Waals surface area contributed by atoms with Crippen LogP contribution in [0, 0.1) is 17.8 Å². The van der Waals surface area contributed by atoms with Gasteiger partial charge < -0.3 is 0 Å². The Bertz CT molecular complexity index is 344. The third kappa shape index (κ3) is 4.80. The van der Waals surface area contributed by atoms with Crippen molar-refractivity contribution in [3.8, 4) is 0 Å². The molecule has 0 radical (unpaired) electrons. The molecule has 0 bridgehead atoms. The molecule has 22 heavy (non-hydrogen) atoms. The SMILES string of the molecule is CCCC1CCC(/C=C/C2(F)CCC(CCC)CC2F)CC1. The summed E-state index contributed by atoms with van der Waals surface area (Å²) in [6.07, 6.45) is 13.5. The van der Waals surface area contributed by atoms with Crippen molar-refractivity contribution in [2.75, 3.05) is 0 Å². The van der Waals surface area contributed by atoms with E-state index in [1.165, 1.54) is 25.7 Å². The molecule has 2 fully saturated rings. The number of alkyl halides is 2. The minimum atomic E-state index is -1.69. The van der Waals surface area contributed by atoms with Crippen LogP contribution in [-0.2, 0) is 0 Å². The Balaban J connectivity index is 1.82. The lowest BCUT2D eigenvalue weighted by molar-refractivity contribution is 0.0283. The zero-order valence-electron chi connectivity index (χ0n) is 14.5. The third-order valence-corrected chi connectivity index (χ3v) is 5.93. The van der Waals surface area contributed by atoms with Crippen LogP contribution in [0.4, 0.5) is 8.78 Å². The number of halogens is 2. The van der Waals surface area contributed by atoms with Crippen LogP contribution in [0.3, 0.4) is 0 Å². The van der Waals surface area contributed by atoms with Crippen molar-refractivity contribution in [3.63, 3.8) is 0 Å². The van der Waals surface area contributed by atoms with Crippen LogP contribution in [-0.4, -0.2) is 11.8 Å². The largest absolute Gasteiger partial charge is 0.244 e. The zero-order valence-corrected chi connectivity index (χ0v) is 14.5. The molecule has 2 rings (SSSR count). The van der Waals surface area contributed by atoms with E-state index in [9.17, 15) is 8.78 Å². The normalized spacial score (nSPS) is 40.2. The Hall–Kier alpha value is -0.400. The van der Waals surface area contributed by atoms with E-state index in [0.717, 1.165) is 38.0 Å². The third-order valence-electron chi connectivity index (χ3n) is 5.93. The molecule has 0 nitrogen and oxygen atoms in total. The maximum absolute atomic E-state index is 14.9. The number of hydrogen-bond donors (Lipinski definition) is 0. The lowest BCUT2D eigenvalue weighted by Gasteiger charge is -2.35. The van der Waals surface area contributed by atoms with E-state index < -0.39 is 11.8 Å². The fourth-order valence-electron chi connectivity index (χ4n) is 4.42. The molecule has 3 atom stereocenters. The fourth-order valence-corrected chi connectivity index (χ4v) is 4.42. The molecule has 0 saturated heterocycles. The van der Waals surface area contributed by atoms with Gasteiger partial charge in [0.15, 0.2) is 5.67 Å². The lowest BCUT2D eigenvalue weighted by Crippen LogP contribution is -2.39. The van der Waals surface area contributed by atoms with Crippen molar-refractivity contribution in [1.82, 2.24) is 0 Å². The van der Waals surface area contributed by atoms with E-state index in [-0.39, 0.29) is 0 Å². The van der Waals surface area contributed by atoms with Crippen LogP contribution in [0.2, 0.25) is 0 Å². The second kappa shape index (κ2) is 8.45. The number of rotatable bonds is 6. The Kier molecular flexibility index (Phi) is 6.89. The fraction of sp³-hybridized carbons (Fsp3) is 0.900. The first-order valence-electron chi connectivity index (χ1n) is 9.59. The van der Waals surface area contributed by atoms with Crippen molar-refractivity contribution in [1.29, 1.82) is 0 Å². The highest BCUT2D eigenvalue weighted by Gasteiger charge is 2.42. The van der Waals surface area contributed by atoms with Gasteiger partial charge in [-0.1, -0.05) is 45.6 Å².